The van der Waals surface area contributed by atoms with Crippen molar-refractivity contribution in [3.05, 3.63) is 102 Å². The molecule has 5 amide bonds. The molecule has 4 N–H and O–H groups in total. The number of carbonyl (C=O) groups excluding carboxylic acids is 5. The van der Waals surface area contributed by atoms with E-state index in [0.29, 0.717) is 115 Å². The van der Waals surface area contributed by atoms with Gasteiger partial charge < -0.3 is 35.2 Å². The van der Waals surface area contributed by atoms with Crippen molar-refractivity contribution in [1.82, 2.24) is 30.0 Å². The van der Waals surface area contributed by atoms with Crippen LogP contribution in [-0.2, 0) is 25.7 Å². The second-order valence-corrected chi connectivity index (χ2v) is 19.6. The van der Waals surface area contributed by atoms with Crippen molar-refractivity contribution in [2.24, 2.45) is 11.3 Å². The molecule has 3 atom stereocenters. The Labute approximate surface area is 408 Å². The highest BCUT2D eigenvalue weighted by atomic mass is 19.1. The SMILES string of the molecule is COc1cc2c(Oc3ccc(NC(=O)C4(C(=O)Nc5ccc(F)cc5)CC4)cc3)ccnc2c(F)c1N1CCC(CN2C3CC2CN(CCNc2cc4c(cn2)C(=O)N(C2CCC(=O)NC2=O)C4)C3)CC1. The zero-order chi connectivity index (χ0) is 49.0. The first-order valence-electron chi connectivity index (χ1n) is 24.3. The molecule has 19 heteroatoms. The number of nitrogens with zero attached hydrogens (tertiary/aromatic N) is 6. The van der Waals surface area contributed by atoms with E-state index >= 15 is 4.39 Å². The highest BCUT2D eigenvalue weighted by molar-refractivity contribution is 6.17. The number of aromatic nitrogens is 2. The number of rotatable bonds is 15. The molecule has 2 bridgehead atoms. The van der Waals surface area contributed by atoms with Gasteiger partial charge in [-0.15, -0.1) is 0 Å². The van der Waals surface area contributed by atoms with Crippen LogP contribution in [0, 0.1) is 23.0 Å². The number of nitrogens with one attached hydrogen (secondary N) is 4. The van der Waals surface area contributed by atoms with E-state index in [1.165, 1.54) is 48.9 Å². The molecule has 5 aromatic rings. The number of hydrogen-bond donors (Lipinski definition) is 4. The summed E-state index contributed by atoms with van der Waals surface area (Å²) >= 11 is 0. The molecule has 1 aliphatic carbocycles. The molecule has 2 aromatic heterocycles. The molecule has 17 nitrogen and oxygen atoms in total. The molecule has 1 saturated carbocycles. The van der Waals surface area contributed by atoms with E-state index in [1.807, 2.05) is 6.07 Å². The molecule has 3 aromatic carbocycles. The van der Waals surface area contributed by atoms with Gasteiger partial charge in [-0.3, -0.25) is 44.1 Å². The molecule has 8 heterocycles. The van der Waals surface area contributed by atoms with E-state index < -0.39 is 40.8 Å². The van der Waals surface area contributed by atoms with E-state index in [-0.39, 0.29) is 23.8 Å². The monoisotopic (exact) mass is 968 g/mol. The van der Waals surface area contributed by atoms with Crippen LogP contribution in [0.25, 0.3) is 10.9 Å². The van der Waals surface area contributed by atoms with Crippen molar-refractivity contribution >= 4 is 63.3 Å². The number of methoxy groups -OCH3 is 1. The number of piperazine rings is 1. The minimum Gasteiger partial charge on any atom is -0.494 e. The van der Waals surface area contributed by atoms with Crippen molar-refractivity contribution in [3.8, 4) is 17.2 Å². The number of halogens is 2. The van der Waals surface area contributed by atoms with Gasteiger partial charge in [-0.1, -0.05) is 0 Å². The Morgan fingerprint density at radius 1 is 0.873 bits per heavy atom. The molecule has 3 unspecified atom stereocenters. The third-order valence-electron chi connectivity index (χ3n) is 15.1. The normalized spacial score (nSPS) is 21.8. The lowest BCUT2D eigenvalue weighted by atomic mass is 9.84. The zero-order valence-corrected chi connectivity index (χ0v) is 39.2. The Morgan fingerprint density at radius 2 is 1.58 bits per heavy atom. The predicted octanol–water partition coefficient (Wildman–Crippen LogP) is 5.91. The summed E-state index contributed by atoms with van der Waals surface area (Å²) in [5.41, 5.74) is 1.56. The van der Waals surface area contributed by atoms with Gasteiger partial charge >= 0.3 is 0 Å². The van der Waals surface area contributed by atoms with E-state index in [2.05, 4.69) is 45.9 Å². The molecule has 71 heavy (non-hydrogen) atoms. The summed E-state index contributed by atoms with van der Waals surface area (Å²) in [6.45, 7) is 6.26. The van der Waals surface area contributed by atoms with Gasteiger partial charge in [0.25, 0.3) is 5.91 Å². The first-order valence-corrected chi connectivity index (χ1v) is 24.3. The van der Waals surface area contributed by atoms with E-state index in [4.69, 9.17) is 9.47 Å². The Kier molecular flexibility index (Phi) is 12.2. The molecule has 7 aliphatic rings. The lowest BCUT2D eigenvalue weighted by Crippen LogP contribution is -2.69. The summed E-state index contributed by atoms with van der Waals surface area (Å²) in [6.07, 6.45) is 7.46. The number of piperidine rings is 3. The fraction of sp³-hybridized carbons (Fsp3) is 0.404. The van der Waals surface area contributed by atoms with Crippen molar-refractivity contribution in [2.45, 2.75) is 69.6 Å². The number of pyridine rings is 2. The van der Waals surface area contributed by atoms with Gasteiger partial charge in [-0.05, 0) is 117 Å². The second-order valence-electron chi connectivity index (χ2n) is 19.6. The fourth-order valence-electron chi connectivity index (χ4n) is 11.0. The summed E-state index contributed by atoms with van der Waals surface area (Å²) in [7, 11) is 1.54. The summed E-state index contributed by atoms with van der Waals surface area (Å²) in [5, 5.41) is 11.8. The Balaban J connectivity index is 0.650. The van der Waals surface area contributed by atoms with E-state index in [1.54, 1.807) is 42.6 Å². The maximum Gasteiger partial charge on any atom is 0.256 e. The number of amides is 5. The van der Waals surface area contributed by atoms with Gasteiger partial charge in [-0.2, -0.15) is 0 Å². The molecule has 6 aliphatic heterocycles. The average molecular weight is 969 g/mol. The molecule has 368 valence electrons. The van der Waals surface area contributed by atoms with Crippen LogP contribution in [0.2, 0.25) is 0 Å². The third-order valence-corrected chi connectivity index (χ3v) is 15.1. The van der Waals surface area contributed by atoms with Gasteiger partial charge in [0, 0.05) is 100 Å². The van der Waals surface area contributed by atoms with Gasteiger partial charge in [0.2, 0.25) is 23.6 Å². The second kappa shape index (κ2) is 18.8. The molecule has 0 radical (unpaired) electrons. The predicted molar refractivity (Wildman–Crippen MR) is 259 cm³/mol. The minimum absolute atomic E-state index is 0.171. The number of imide groups is 1. The summed E-state index contributed by atoms with van der Waals surface area (Å²) in [4.78, 5) is 81.1. The Bertz CT molecular complexity index is 2920. The third kappa shape index (κ3) is 9.07. The van der Waals surface area contributed by atoms with Crippen LogP contribution in [0.5, 0.6) is 17.2 Å². The minimum atomic E-state index is -1.21. The lowest BCUT2D eigenvalue weighted by Gasteiger charge is -2.57. The number of benzene rings is 3. The van der Waals surface area contributed by atoms with Crippen LogP contribution < -0.4 is 35.6 Å². The first-order chi connectivity index (χ1) is 34.4. The maximum absolute atomic E-state index is 16.6. The highest BCUT2D eigenvalue weighted by Crippen LogP contribution is 2.48. The molecule has 5 saturated heterocycles. The van der Waals surface area contributed by atoms with Gasteiger partial charge in [-0.25, -0.2) is 13.8 Å². The number of anilines is 4. The summed E-state index contributed by atoms with van der Waals surface area (Å²) < 4.78 is 42.0. The Morgan fingerprint density at radius 3 is 2.25 bits per heavy atom. The van der Waals surface area contributed by atoms with Crippen molar-refractivity contribution in [2.75, 3.05) is 73.8 Å². The topological polar surface area (TPSA) is 191 Å². The average Bonchev–Trinajstić information content (AvgIpc) is 4.13. The van der Waals surface area contributed by atoms with Crippen LogP contribution in [0.1, 0.15) is 60.9 Å². The van der Waals surface area contributed by atoms with Crippen LogP contribution >= 0.6 is 0 Å². The van der Waals surface area contributed by atoms with E-state index in [0.717, 1.165) is 44.6 Å². The smallest absolute Gasteiger partial charge is 0.256 e. The Hall–Kier alpha value is -7.25. The number of ether oxygens (including phenoxy) is 2. The van der Waals surface area contributed by atoms with Crippen molar-refractivity contribution in [1.29, 1.82) is 0 Å². The van der Waals surface area contributed by atoms with Crippen LogP contribution in [0.4, 0.5) is 31.7 Å². The van der Waals surface area contributed by atoms with Gasteiger partial charge in [0.05, 0.1) is 12.7 Å². The number of fused-ring (bicyclic) bond motifs is 4. The summed E-state index contributed by atoms with van der Waals surface area (Å²) in [6, 6.07) is 17.7. The van der Waals surface area contributed by atoms with Crippen LogP contribution in [0.15, 0.2) is 79.1 Å². The molecule has 6 fully saturated rings. The zero-order valence-electron chi connectivity index (χ0n) is 39.2. The van der Waals surface area contributed by atoms with E-state index in [9.17, 15) is 28.4 Å². The highest BCUT2D eigenvalue weighted by Gasteiger charge is 2.56. The molecule has 0 spiro atoms. The quantitative estimate of drug-likeness (QED) is 0.0716. The standard InChI is InChI=1S/C52H54F2N10O7/c1-70-42-24-38-41(71-37-8-6-34(7-9-37)59-51(69)52(15-16-52)50(68)58-33-4-2-32(53)3-5-33)12-17-56-46(38)45(54)47(42)62-19-13-30(14-20-62)26-63-35-23-36(63)29-61(28-35)21-18-55-43-22-31-27-64(49(67)39(31)25-57-43)40-10-11-44(65)60-48(40)66/h2-9,12,17,22,24-25,30,35-36,40H,10-11,13-16,18-21,23,26-29H2,1H3,(H,55,57)(H,58,68)(H,59,69)(H,60,65,66). The number of hydrogen-bond acceptors (Lipinski definition) is 13. The largest absolute Gasteiger partial charge is 0.494 e. The van der Waals surface area contributed by atoms with Crippen LogP contribution in [0.3, 0.4) is 0 Å². The molecule has 12 rings (SSSR count). The van der Waals surface area contributed by atoms with Gasteiger partial charge in [0.1, 0.15) is 51.5 Å². The summed E-state index contributed by atoms with van der Waals surface area (Å²) in [5.74, 6) is -0.333. The fourth-order valence-corrected chi connectivity index (χ4v) is 11.0. The van der Waals surface area contributed by atoms with Crippen molar-refractivity contribution in [3.63, 3.8) is 0 Å². The van der Waals surface area contributed by atoms with Gasteiger partial charge in [0.15, 0.2) is 5.82 Å². The molecular formula is C52H54F2N10O7. The first kappa shape index (κ1) is 46.2. The van der Waals surface area contributed by atoms with Crippen LogP contribution in [-0.4, -0.2) is 125 Å². The maximum atomic E-state index is 16.6. The molecular weight excluding hydrogens is 915 g/mol. The van der Waals surface area contributed by atoms with Crippen molar-refractivity contribution < 1.29 is 42.2 Å². The number of carbonyl (C=O) groups is 5. The lowest BCUT2D eigenvalue weighted by molar-refractivity contribution is -0.137.